The van der Waals surface area contributed by atoms with Crippen molar-refractivity contribution in [3.63, 3.8) is 0 Å². The van der Waals surface area contributed by atoms with Crippen LogP contribution in [0.4, 0.5) is 0 Å². The van der Waals surface area contributed by atoms with E-state index in [9.17, 15) is 4.79 Å². The topological polar surface area (TPSA) is 35.5 Å². The molecule has 0 aromatic heterocycles. The van der Waals surface area contributed by atoms with Gasteiger partial charge in [-0.3, -0.25) is 4.79 Å². The van der Waals surface area contributed by atoms with Gasteiger partial charge in [0.2, 0.25) is 0 Å². The summed E-state index contributed by atoms with van der Waals surface area (Å²) in [4.78, 5) is 11.1. The van der Waals surface area contributed by atoms with Gasteiger partial charge in [0.1, 0.15) is 0 Å². The molecule has 1 atom stereocenters. The predicted molar refractivity (Wildman–Crippen MR) is 62.2 cm³/mol. The number of rotatable bonds is 5. The van der Waals surface area contributed by atoms with Gasteiger partial charge >= 0.3 is 5.97 Å². The lowest BCUT2D eigenvalue weighted by Gasteiger charge is -2.13. The van der Waals surface area contributed by atoms with Crippen molar-refractivity contribution in [1.82, 2.24) is 0 Å². The van der Waals surface area contributed by atoms with E-state index in [0.717, 1.165) is 17.5 Å². The standard InChI is InChI=1S/C13H18O3/c1-4-12(15-2)11-7-5-10(6-8-11)9-13(14)16-3/h5-8,12H,4,9H2,1-3H3/t12-/m0/s1. The van der Waals surface area contributed by atoms with Crippen LogP contribution in [0.3, 0.4) is 0 Å². The van der Waals surface area contributed by atoms with Crippen molar-refractivity contribution in [2.45, 2.75) is 25.9 Å². The van der Waals surface area contributed by atoms with Crippen LogP contribution in [0.1, 0.15) is 30.6 Å². The lowest BCUT2D eigenvalue weighted by atomic mass is 10.0. The number of ether oxygens (including phenoxy) is 2. The van der Waals surface area contributed by atoms with E-state index in [0.29, 0.717) is 6.42 Å². The minimum Gasteiger partial charge on any atom is -0.469 e. The van der Waals surface area contributed by atoms with Gasteiger partial charge in [0.25, 0.3) is 0 Å². The molecule has 0 fully saturated rings. The van der Waals surface area contributed by atoms with E-state index < -0.39 is 0 Å². The van der Waals surface area contributed by atoms with Crippen molar-refractivity contribution in [3.05, 3.63) is 35.4 Å². The summed E-state index contributed by atoms with van der Waals surface area (Å²) in [5.74, 6) is -0.216. The fraction of sp³-hybridized carbons (Fsp3) is 0.462. The van der Waals surface area contributed by atoms with Crippen LogP contribution in [0.15, 0.2) is 24.3 Å². The van der Waals surface area contributed by atoms with E-state index in [1.54, 1.807) is 7.11 Å². The van der Waals surface area contributed by atoms with Crippen molar-refractivity contribution in [2.24, 2.45) is 0 Å². The Kier molecular flexibility index (Phi) is 4.99. The molecule has 3 nitrogen and oxygen atoms in total. The molecule has 0 radical (unpaired) electrons. The highest BCUT2D eigenvalue weighted by molar-refractivity contribution is 5.72. The zero-order valence-electron chi connectivity index (χ0n) is 10.0. The molecule has 88 valence electrons. The molecule has 0 heterocycles. The molecule has 0 aliphatic rings. The maximum absolute atomic E-state index is 11.1. The largest absolute Gasteiger partial charge is 0.469 e. The number of carbonyl (C=O) groups excluding carboxylic acids is 1. The maximum Gasteiger partial charge on any atom is 0.309 e. The number of carbonyl (C=O) groups is 1. The van der Waals surface area contributed by atoms with Gasteiger partial charge in [-0.25, -0.2) is 0 Å². The number of esters is 1. The van der Waals surface area contributed by atoms with Gasteiger partial charge in [-0.2, -0.15) is 0 Å². The van der Waals surface area contributed by atoms with Crippen LogP contribution >= 0.6 is 0 Å². The normalized spacial score (nSPS) is 12.2. The molecule has 1 aromatic carbocycles. The van der Waals surface area contributed by atoms with Crippen molar-refractivity contribution in [3.8, 4) is 0 Å². The second-order valence-electron chi connectivity index (χ2n) is 3.63. The molecule has 0 unspecified atom stereocenters. The maximum atomic E-state index is 11.1. The fourth-order valence-electron chi connectivity index (χ4n) is 1.63. The third-order valence-electron chi connectivity index (χ3n) is 2.58. The Morgan fingerprint density at radius 2 is 1.88 bits per heavy atom. The first kappa shape index (κ1) is 12.7. The number of benzene rings is 1. The minimum absolute atomic E-state index is 0.132. The molecule has 0 aliphatic heterocycles. The highest BCUT2D eigenvalue weighted by atomic mass is 16.5. The van der Waals surface area contributed by atoms with Crippen LogP contribution in [0, 0.1) is 0 Å². The van der Waals surface area contributed by atoms with E-state index in [4.69, 9.17) is 4.74 Å². The average Bonchev–Trinajstić information content (AvgIpc) is 2.32. The Balaban J connectivity index is 2.70. The highest BCUT2D eigenvalue weighted by Gasteiger charge is 2.08. The minimum atomic E-state index is -0.216. The molecule has 1 aromatic rings. The third-order valence-corrected chi connectivity index (χ3v) is 2.58. The van der Waals surface area contributed by atoms with Crippen LogP contribution in [0.2, 0.25) is 0 Å². The van der Waals surface area contributed by atoms with Crippen LogP contribution in [0.25, 0.3) is 0 Å². The third kappa shape index (κ3) is 3.35. The van der Waals surface area contributed by atoms with E-state index in [1.165, 1.54) is 7.11 Å². The van der Waals surface area contributed by atoms with Gasteiger partial charge < -0.3 is 9.47 Å². The summed E-state index contributed by atoms with van der Waals surface area (Å²) in [5.41, 5.74) is 2.10. The highest BCUT2D eigenvalue weighted by Crippen LogP contribution is 2.20. The quantitative estimate of drug-likeness (QED) is 0.718. The lowest BCUT2D eigenvalue weighted by molar-refractivity contribution is -0.139. The van der Waals surface area contributed by atoms with Crippen molar-refractivity contribution in [1.29, 1.82) is 0 Å². The molecule has 1 rings (SSSR count). The molecule has 0 saturated carbocycles. The molecular weight excluding hydrogens is 204 g/mol. The fourth-order valence-corrected chi connectivity index (χ4v) is 1.63. The summed E-state index contributed by atoms with van der Waals surface area (Å²) in [6.07, 6.45) is 1.39. The Bertz CT molecular complexity index is 326. The van der Waals surface area contributed by atoms with Crippen LogP contribution < -0.4 is 0 Å². The number of hydrogen-bond acceptors (Lipinski definition) is 3. The smallest absolute Gasteiger partial charge is 0.309 e. The SMILES string of the molecule is CC[C@H](OC)c1ccc(CC(=O)OC)cc1. The van der Waals surface area contributed by atoms with Gasteiger partial charge in [0.15, 0.2) is 0 Å². The summed E-state index contributed by atoms with van der Waals surface area (Å²) >= 11 is 0. The Morgan fingerprint density at radius 3 is 2.31 bits per heavy atom. The summed E-state index contributed by atoms with van der Waals surface area (Å²) in [6, 6.07) is 7.87. The number of hydrogen-bond donors (Lipinski definition) is 0. The first-order chi connectivity index (χ1) is 7.71. The molecule has 3 heteroatoms. The summed E-state index contributed by atoms with van der Waals surface area (Å²) in [5, 5.41) is 0. The molecule has 0 amide bonds. The van der Waals surface area contributed by atoms with Crippen molar-refractivity contribution >= 4 is 5.97 Å². The van der Waals surface area contributed by atoms with Gasteiger partial charge in [-0.1, -0.05) is 31.2 Å². The Morgan fingerprint density at radius 1 is 1.25 bits per heavy atom. The van der Waals surface area contributed by atoms with Crippen molar-refractivity contribution in [2.75, 3.05) is 14.2 Å². The van der Waals surface area contributed by atoms with E-state index in [-0.39, 0.29) is 12.1 Å². The summed E-state index contributed by atoms with van der Waals surface area (Å²) in [7, 11) is 3.10. The van der Waals surface area contributed by atoms with Crippen LogP contribution in [-0.2, 0) is 20.7 Å². The Labute approximate surface area is 96.4 Å². The Hall–Kier alpha value is -1.35. The first-order valence-corrected chi connectivity index (χ1v) is 5.39. The monoisotopic (exact) mass is 222 g/mol. The molecule has 0 N–H and O–H groups in total. The lowest BCUT2D eigenvalue weighted by Crippen LogP contribution is -2.05. The first-order valence-electron chi connectivity index (χ1n) is 5.39. The predicted octanol–water partition coefficient (Wildman–Crippen LogP) is 2.50. The van der Waals surface area contributed by atoms with E-state index >= 15 is 0 Å². The van der Waals surface area contributed by atoms with Gasteiger partial charge in [-0.05, 0) is 17.5 Å². The van der Waals surface area contributed by atoms with E-state index in [1.807, 2.05) is 24.3 Å². The molecule has 0 bridgehead atoms. The summed E-state index contributed by atoms with van der Waals surface area (Å²) < 4.78 is 9.95. The second-order valence-corrected chi connectivity index (χ2v) is 3.63. The molecular formula is C13H18O3. The van der Waals surface area contributed by atoms with Gasteiger partial charge in [0, 0.05) is 7.11 Å². The number of methoxy groups -OCH3 is 2. The van der Waals surface area contributed by atoms with Crippen molar-refractivity contribution < 1.29 is 14.3 Å². The van der Waals surface area contributed by atoms with E-state index in [2.05, 4.69) is 11.7 Å². The molecule has 0 spiro atoms. The summed E-state index contributed by atoms with van der Waals surface area (Å²) in [6.45, 7) is 2.08. The molecule has 16 heavy (non-hydrogen) atoms. The van der Waals surface area contributed by atoms with Gasteiger partial charge in [-0.15, -0.1) is 0 Å². The van der Waals surface area contributed by atoms with Crippen LogP contribution in [-0.4, -0.2) is 20.2 Å². The van der Waals surface area contributed by atoms with Crippen LogP contribution in [0.5, 0.6) is 0 Å². The zero-order valence-corrected chi connectivity index (χ0v) is 10.0. The molecule has 0 saturated heterocycles. The van der Waals surface area contributed by atoms with Gasteiger partial charge in [0.05, 0.1) is 19.6 Å². The zero-order chi connectivity index (χ0) is 12.0. The second kappa shape index (κ2) is 6.28. The molecule has 0 aliphatic carbocycles. The average molecular weight is 222 g/mol.